The summed E-state index contributed by atoms with van der Waals surface area (Å²) in [6, 6.07) is 0. The number of hydrogen-bond donors (Lipinski definition) is 1. The summed E-state index contributed by atoms with van der Waals surface area (Å²) >= 11 is 0. The van der Waals surface area contributed by atoms with Crippen molar-refractivity contribution in [3.63, 3.8) is 0 Å². The molecule has 2 rings (SSSR count). The zero-order chi connectivity index (χ0) is 15.5. The topological polar surface area (TPSA) is 35.6 Å². The molecule has 0 radical (unpaired) electrons. The molecule has 1 unspecified atom stereocenters. The maximum Gasteiger partial charge on any atom is 0.227 e. The van der Waals surface area contributed by atoms with E-state index in [1.165, 1.54) is 38.5 Å². The molecule has 1 N–H and O–H groups in total. The van der Waals surface area contributed by atoms with Gasteiger partial charge in [-0.1, -0.05) is 25.7 Å². The van der Waals surface area contributed by atoms with Gasteiger partial charge in [0.05, 0.1) is 5.41 Å². The van der Waals surface area contributed by atoms with Crippen LogP contribution in [0, 0.1) is 5.41 Å². The standard InChI is InChI=1S/C17H33N3O/c1-16(11-12-20(4)14-16)15(21)18-13-17(19(2)3)9-7-5-6-8-10-17/h5-14H2,1-4H3,(H,18,21). The minimum atomic E-state index is -0.201. The molecule has 1 amide bonds. The lowest BCUT2D eigenvalue weighted by Gasteiger charge is -2.40. The van der Waals surface area contributed by atoms with Crippen molar-refractivity contribution < 1.29 is 4.79 Å². The second kappa shape index (κ2) is 6.66. The van der Waals surface area contributed by atoms with E-state index in [1.807, 2.05) is 0 Å². The summed E-state index contributed by atoms with van der Waals surface area (Å²) < 4.78 is 0. The summed E-state index contributed by atoms with van der Waals surface area (Å²) in [6.45, 7) is 4.83. The first kappa shape index (κ1) is 16.8. The Bertz CT molecular complexity index is 361. The Labute approximate surface area is 130 Å². The zero-order valence-electron chi connectivity index (χ0n) is 14.4. The average molecular weight is 295 g/mol. The third kappa shape index (κ3) is 3.78. The Morgan fingerprint density at radius 2 is 1.76 bits per heavy atom. The number of likely N-dealkylation sites (N-methyl/N-ethyl adjacent to an activating group) is 1. The van der Waals surface area contributed by atoms with Gasteiger partial charge in [-0.2, -0.15) is 0 Å². The molecular weight excluding hydrogens is 262 g/mol. The number of nitrogens with one attached hydrogen (secondary N) is 1. The van der Waals surface area contributed by atoms with Crippen molar-refractivity contribution in [2.75, 3.05) is 40.8 Å². The van der Waals surface area contributed by atoms with E-state index in [1.54, 1.807) is 0 Å². The molecule has 1 atom stereocenters. The molecule has 1 aliphatic carbocycles. The first-order valence-corrected chi connectivity index (χ1v) is 8.52. The van der Waals surface area contributed by atoms with Crippen LogP contribution in [-0.4, -0.2) is 62.0 Å². The molecule has 0 aromatic heterocycles. The van der Waals surface area contributed by atoms with Crippen LogP contribution in [0.2, 0.25) is 0 Å². The van der Waals surface area contributed by atoms with E-state index in [0.29, 0.717) is 0 Å². The van der Waals surface area contributed by atoms with Gasteiger partial charge in [-0.15, -0.1) is 0 Å². The van der Waals surface area contributed by atoms with Crippen LogP contribution < -0.4 is 5.32 Å². The Hall–Kier alpha value is -0.610. The van der Waals surface area contributed by atoms with Crippen LogP contribution in [0.3, 0.4) is 0 Å². The fourth-order valence-electron chi connectivity index (χ4n) is 4.00. The van der Waals surface area contributed by atoms with Gasteiger partial charge < -0.3 is 15.1 Å². The van der Waals surface area contributed by atoms with Gasteiger partial charge in [-0.25, -0.2) is 0 Å². The average Bonchev–Trinajstić information content (AvgIpc) is 2.66. The van der Waals surface area contributed by atoms with E-state index in [9.17, 15) is 4.79 Å². The first-order valence-electron chi connectivity index (χ1n) is 8.52. The molecule has 1 heterocycles. The molecule has 0 aromatic rings. The van der Waals surface area contributed by atoms with E-state index >= 15 is 0 Å². The van der Waals surface area contributed by atoms with Gasteiger partial charge in [0.2, 0.25) is 5.91 Å². The van der Waals surface area contributed by atoms with Crippen LogP contribution >= 0.6 is 0 Å². The Morgan fingerprint density at radius 3 is 2.24 bits per heavy atom. The van der Waals surface area contributed by atoms with Gasteiger partial charge in [0.1, 0.15) is 0 Å². The Kier molecular flexibility index (Phi) is 5.31. The number of carbonyl (C=O) groups is 1. The zero-order valence-corrected chi connectivity index (χ0v) is 14.4. The minimum absolute atomic E-state index is 0.160. The van der Waals surface area contributed by atoms with Crippen molar-refractivity contribution in [2.24, 2.45) is 5.41 Å². The minimum Gasteiger partial charge on any atom is -0.354 e. The third-order valence-electron chi connectivity index (χ3n) is 5.77. The van der Waals surface area contributed by atoms with E-state index < -0.39 is 0 Å². The third-order valence-corrected chi connectivity index (χ3v) is 5.77. The molecule has 0 spiro atoms. The highest BCUT2D eigenvalue weighted by Gasteiger charge is 2.40. The maximum absolute atomic E-state index is 12.6. The molecule has 2 aliphatic rings. The molecule has 1 aliphatic heterocycles. The fraction of sp³-hybridized carbons (Fsp3) is 0.941. The van der Waals surface area contributed by atoms with Crippen LogP contribution in [0.1, 0.15) is 51.9 Å². The van der Waals surface area contributed by atoms with Crippen molar-refractivity contribution in [3.8, 4) is 0 Å². The Balaban J connectivity index is 1.97. The number of hydrogen-bond acceptors (Lipinski definition) is 3. The lowest BCUT2D eigenvalue weighted by Crippen LogP contribution is -2.54. The summed E-state index contributed by atoms with van der Waals surface area (Å²) in [5.41, 5.74) is -0.0417. The summed E-state index contributed by atoms with van der Waals surface area (Å²) in [7, 11) is 6.44. The van der Waals surface area contributed by atoms with Crippen molar-refractivity contribution in [1.29, 1.82) is 0 Å². The molecular formula is C17H33N3O. The Morgan fingerprint density at radius 1 is 1.14 bits per heavy atom. The van der Waals surface area contributed by atoms with Gasteiger partial charge in [-0.3, -0.25) is 4.79 Å². The normalized spacial score (nSPS) is 30.3. The van der Waals surface area contributed by atoms with Crippen LogP contribution in [0.5, 0.6) is 0 Å². The van der Waals surface area contributed by atoms with Crippen molar-refractivity contribution in [2.45, 2.75) is 57.4 Å². The number of carbonyl (C=O) groups excluding carboxylic acids is 1. The lowest BCUT2D eigenvalue weighted by molar-refractivity contribution is -0.130. The molecule has 0 bridgehead atoms. The molecule has 1 saturated carbocycles. The highest BCUT2D eigenvalue weighted by atomic mass is 16.2. The van der Waals surface area contributed by atoms with Gasteiger partial charge >= 0.3 is 0 Å². The second-order valence-corrected chi connectivity index (χ2v) is 7.76. The quantitative estimate of drug-likeness (QED) is 0.807. The molecule has 122 valence electrons. The molecule has 2 fully saturated rings. The highest BCUT2D eigenvalue weighted by molar-refractivity contribution is 5.82. The molecule has 4 heteroatoms. The summed E-state index contributed by atoms with van der Waals surface area (Å²) in [5, 5.41) is 3.30. The molecule has 4 nitrogen and oxygen atoms in total. The summed E-state index contributed by atoms with van der Waals surface area (Å²) in [4.78, 5) is 17.3. The predicted molar refractivity (Wildman–Crippen MR) is 87.4 cm³/mol. The maximum atomic E-state index is 12.6. The largest absolute Gasteiger partial charge is 0.354 e. The summed E-state index contributed by atoms with van der Waals surface area (Å²) in [5.74, 6) is 0.248. The number of rotatable bonds is 4. The molecule has 21 heavy (non-hydrogen) atoms. The van der Waals surface area contributed by atoms with E-state index in [4.69, 9.17) is 0 Å². The molecule has 1 saturated heterocycles. The number of likely N-dealkylation sites (tertiary alicyclic amines) is 1. The van der Waals surface area contributed by atoms with Gasteiger partial charge in [0, 0.05) is 18.6 Å². The van der Waals surface area contributed by atoms with Crippen LogP contribution in [0.25, 0.3) is 0 Å². The van der Waals surface area contributed by atoms with Crippen molar-refractivity contribution >= 4 is 5.91 Å². The fourth-order valence-corrected chi connectivity index (χ4v) is 4.00. The smallest absolute Gasteiger partial charge is 0.227 e. The van der Waals surface area contributed by atoms with Crippen LogP contribution in [0.4, 0.5) is 0 Å². The highest BCUT2D eigenvalue weighted by Crippen LogP contribution is 2.32. The SMILES string of the molecule is CN1CCC(C)(C(=O)NCC2(N(C)C)CCCCCC2)C1. The van der Waals surface area contributed by atoms with E-state index in [-0.39, 0.29) is 16.9 Å². The van der Waals surface area contributed by atoms with Gasteiger partial charge in [0.15, 0.2) is 0 Å². The van der Waals surface area contributed by atoms with Crippen LogP contribution in [0.15, 0.2) is 0 Å². The monoisotopic (exact) mass is 295 g/mol. The molecule has 0 aromatic carbocycles. The number of nitrogens with zero attached hydrogens (tertiary/aromatic N) is 2. The first-order chi connectivity index (χ1) is 9.88. The van der Waals surface area contributed by atoms with Crippen molar-refractivity contribution in [3.05, 3.63) is 0 Å². The van der Waals surface area contributed by atoms with Crippen LogP contribution in [-0.2, 0) is 4.79 Å². The second-order valence-electron chi connectivity index (χ2n) is 7.76. The summed E-state index contributed by atoms with van der Waals surface area (Å²) in [6.07, 6.45) is 8.64. The van der Waals surface area contributed by atoms with Gasteiger partial charge in [0.25, 0.3) is 0 Å². The van der Waals surface area contributed by atoms with E-state index in [2.05, 4.69) is 43.2 Å². The number of amides is 1. The van der Waals surface area contributed by atoms with Crippen molar-refractivity contribution in [1.82, 2.24) is 15.1 Å². The van der Waals surface area contributed by atoms with Gasteiger partial charge in [-0.05, 0) is 53.9 Å². The predicted octanol–water partition coefficient (Wildman–Crippen LogP) is 2.10. The van der Waals surface area contributed by atoms with E-state index in [0.717, 1.165) is 26.1 Å². The lowest BCUT2D eigenvalue weighted by atomic mass is 9.86.